The van der Waals surface area contributed by atoms with Crippen LogP contribution in [0.5, 0.6) is 0 Å². The van der Waals surface area contributed by atoms with Crippen LogP contribution in [0.1, 0.15) is 79.9 Å². The first-order valence-corrected chi connectivity index (χ1v) is 14.5. The van der Waals surface area contributed by atoms with Gasteiger partial charge in [0, 0.05) is 48.7 Å². The Balaban J connectivity index is 1.56. The van der Waals surface area contributed by atoms with Gasteiger partial charge in [0.05, 0.1) is 11.5 Å². The molecule has 0 aliphatic heterocycles. The van der Waals surface area contributed by atoms with E-state index in [1.807, 2.05) is 29.2 Å². The van der Waals surface area contributed by atoms with Crippen LogP contribution >= 0.6 is 0 Å². The first-order valence-electron chi connectivity index (χ1n) is 14.5. The molecule has 0 saturated heterocycles. The maximum atomic E-state index is 14.0. The SMILES string of the molecule is CCCCCN(CC(=O)N(Cc1cccn1Cc1ccccc1)C1CCCCC1)C(=O)c1cccc([N+](=O)[O-])c1. The summed E-state index contributed by atoms with van der Waals surface area (Å²) in [4.78, 5) is 41.9. The average molecular weight is 545 g/mol. The Morgan fingerprint density at radius 2 is 1.75 bits per heavy atom. The predicted molar refractivity (Wildman–Crippen MR) is 156 cm³/mol. The number of rotatable bonds is 13. The summed E-state index contributed by atoms with van der Waals surface area (Å²) < 4.78 is 2.19. The van der Waals surface area contributed by atoms with Crippen LogP contribution < -0.4 is 0 Å². The Hall–Kier alpha value is -3.94. The van der Waals surface area contributed by atoms with Crippen LogP contribution in [0, 0.1) is 10.1 Å². The molecule has 0 spiro atoms. The lowest BCUT2D eigenvalue weighted by molar-refractivity contribution is -0.384. The van der Waals surface area contributed by atoms with Crippen LogP contribution in [-0.2, 0) is 17.9 Å². The third kappa shape index (κ3) is 7.81. The largest absolute Gasteiger partial charge is 0.345 e. The quantitative estimate of drug-likeness (QED) is 0.141. The van der Waals surface area contributed by atoms with E-state index in [1.165, 1.54) is 30.2 Å². The van der Waals surface area contributed by atoms with Gasteiger partial charge in [0.25, 0.3) is 11.6 Å². The fourth-order valence-corrected chi connectivity index (χ4v) is 5.51. The number of nitro benzene ring substituents is 1. The van der Waals surface area contributed by atoms with Crippen LogP contribution in [0.4, 0.5) is 5.69 Å². The van der Waals surface area contributed by atoms with E-state index in [1.54, 1.807) is 11.0 Å². The van der Waals surface area contributed by atoms with Crippen molar-refractivity contribution in [2.75, 3.05) is 13.1 Å². The first kappa shape index (κ1) is 29.1. The summed E-state index contributed by atoms with van der Waals surface area (Å²) in [7, 11) is 0. The Morgan fingerprint density at radius 1 is 0.975 bits per heavy atom. The Bertz CT molecular complexity index is 1270. The lowest BCUT2D eigenvalue weighted by atomic mass is 9.94. The Labute approximate surface area is 236 Å². The summed E-state index contributed by atoms with van der Waals surface area (Å²) in [6, 6.07) is 20.3. The van der Waals surface area contributed by atoms with Gasteiger partial charge in [0.2, 0.25) is 5.91 Å². The van der Waals surface area contributed by atoms with Crippen molar-refractivity contribution in [3.05, 3.63) is 99.9 Å². The molecule has 0 atom stereocenters. The zero-order valence-corrected chi connectivity index (χ0v) is 23.4. The summed E-state index contributed by atoms with van der Waals surface area (Å²) in [5.41, 5.74) is 2.36. The highest BCUT2D eigenvalue weighted by atomic mass is 16.6. The molecule has 0 unspecified atom stereocenters. The van der Waals surface area contributed by atoms with E-state index in [9.17, 15) is 19.7 Å². The van der Waals surface area contributed by atoms with Crippen LogP contribution in [0.3, 0.4) is 0 Å². The van der Waals surface area contributed by atoms with Crippen molar-refractivity contribution in [2.45, 2.75) is 77.4 Å². The minimum absolute atomic E-state index is 0.0405. The number of unbranched alkanes of at least 4 members (excludes halogenated alkanes) is 2. The number of amides is 2. The minimum atomic E-state index is -0.501. The monoisotopic (exact) mass is 544 g/mol. The minimum Gasteiger partial charge on any atom is -0.345 e. The van der Waals surface area contributed by atoms with Crippen molar-refractivity contribution in [1.82, 2.24) is 14.4 Å². The molecule has 3 aromatic rings. The first-order chi connectivity index (χ1) is 19.5. The van der Waals surface area contributed by atoms with Crippen molar-refractivity contribution in [1.29, 1.82) is 0 Å². The van der Waals surface area contributed by atoms with Gasteiger partial charge >= 0.3 is 0 Å². The van der Waals surface area contributed by atoms with Crippen LogP contribution in [0.15, 0.2) is 72.9 Å². The Morgan fingerprint density at radius 3 is 2.48 bits per heavy atom. The van der Waals surface area contributed by atoms with Gasteiger partial charge < -0.3 is 14.4 Å². The second-order valence-electron chi connectivity index (χ2n) is 10.7. The molecule has 1 aliphatic carbocycles. The van der Waals surface area contributed by atoms with Gasteiger partial charge in [0.1, 0.15) is 6.54 Å². The molecule has 1 aliphatic rings. The van der Waals surface area contributed by atoms with Gasteiger partial charge in [-0.15, -0.1) is 0 Å². The van der Waals surface area contributed by atoms with Gasteiger partial charge in [0.15, 0.2) is 0 Å². The van der Waals surface area contributed by atoms with Gasteiger partial charge in [-0.2, -0.15) is 0 Å². The number of nitrogens with zero attached hydrogens (tertiary/aromatic N) is 4. The van der Waals surface area contributed by atoms with E-state index in [-0.39, 0.29) is 35.7 Å². The molecule has 2 aromatic carbocycles. The van der Waals surface area contributed by atoms with Crippen molar-refractivity contribution >= 4 is 17.5 Å². The highest BCUT2D eigenvalue weighted by molar-refractivity contribution is 5.97. The number of carbonyl (C=O) groups excluding carboxylic acids is 2. The van der Waals surface area contributed by atoms with E-state index in [0.29, 0.717) is 13.1 Å². The summed E-state index contributed by atoms with van der Waals surface area (Å²) >= 11 is 0. The molecule has 4 rings (SSSR count). The van der Waals surface area contributed by atoms with Crippen molar-refractivity contribution in [3.63, 3.8) is 0 Å². The summed E-state index contributed by atoms with van der Waals surface area (Å²) in [6.45, 7) is 3.69. The fraction of sp³-hybridized carbons (Fsp3) is 0.438. The summed E-state index contributed by atoms with van der Waals surface area (Å²) in [5, 5.41) is 11.3. The number of hydrogen-bond acceptors (Lipinski definition) is 4. The lowest BCUT2D eigenvalue weighted by Gasteiger charge is -2.36. The number of aromatic nitrogens is 1. The molecule has 0 bridgehead atoms. The fourth-order valence-electron chi connectivity index (χ4n) is 5.51. The van der Waals surface area contributed by atoms with Gasteiger partial charge in [-0.1, -0.05) is 75.4 Å². The molecular formula is C32H40N4O4. The van der Waals surface area contributed by atoms with E-state index < -0.39 is 4.92 Å². The molecule has 1 heterocycles. The molecule has 40 heavy (non-hydrogen) atoms. The standard InChI is InChI=1S/C32H40N4O4/c1-2-3-10-20-34(32(38)27-15-11-18-29(22-27)36(39)40)25-31(37)35(28-16-8-5-9-17-28)24-30-19-12-21-33(30)23-26-13-6-4-7-14-26/h4,6-7,11-15,18-19,21-22,28H,2-3,5,8-10,16-17,20,23-25H2,1H3. The van der Waals surface area contributed by atoms with Crippen molar-refractivity contribution in [2.24, 2.45) is 0 Å². The Kier molecular flexibility index (Phi) is 10.5. The molecule has 1 fully saturated rings. The van der Waals surface area contributed by atoms with Crippen LogP contribution in [-0.4, -0.2) is 50.2 Å². The number of carbonyl (C=O) groups is 2. The van der Waals surface area contributed by atoms with E-state index in [2.05, 4.69) is 35.9 Å². The van der Waals surface area contributed by atoms with E-state index in [4.69, 9.17) is 0 Å². The summed E-state index contributed by atoms with van der Waals surface area (Å²) in [5.74, 6) is -0.418. The molecular weight excluding hydrogens is 504 g/mol. The van der Waals surface area contributed by atoms with Gasteiger partial charge in [-0.05, 0) is 43.0 Å². The maximum Gasteiger partial charge on any atom is 0.270 e. The predicted octanol–water partition coefficient (Wildman–Crippen LogP) is 6.44. The number of non-ortho nitro benzene ring substituents is 1. The van der Waals surface area contributed by atoms with Crippen molar-refractivity contribution < 1.29 is 14.5 Å². The third-order valence-corrected chi connectivity index (χ3v) is 7.74. The lowest BCUT2D eigenvalue weighted by Crippen LogP contribution is -2.47. The zero-order chi connectivity index (χ0) is 28.3. The second-order valence-corrected chi connectivity index (χ2v) is 10.7. The van der Waals surface area contributed by atoms with E-state index in [0.717, 1.165) is 57.2 Å². The number of hydrogen-bond donors (Lipinski definition) is 0. The van der Waals surface area contributed by atoms with Crippen LogP contribution in [0.2, 0.25) is 0 Å². The number of benzene rings is 2. The average Bonchev–Trinajstić information content (AvgIpc) is 3.42. The second kappa shape index (κ2) is 14.4. The topological polar surface area (TPSA) is 88.7 Å². The number of nitro groups is 1. The van der Waals surface area contributed by atoms with Gasteiger partial charge in [-0.25, -0.2) is 0 Å². The van der Waals surface area contributed by atoms with Crippen LogP contribution in [0.25, 0.3) is 0 Å². The summed E-state index contributed by atoms with van der Waals surface area (Å²) in [6.07, 6.45) is 10.0. The highest BCUT2D eigenvalue weighted by Gasteiger charge is 2.29. The highest BCUT2D eigenvalue weighted by Crippen LogP contribution is 2.25. The molecule has 0 N–H and O–H groups in total. The molecule has 212 valence electrons. The smallest absolute Gasteiger partial charge is 0.270 e. The van der Waals surface area contributed by atoms with E-state index >= 15 is 0 Å². The van der Waals surface area contributed by atoms with Gasteiger partial charge in [-0.3, -0.25) is 19.7 Å². The molecule has 0 radical (unpaired) electrons. The third-order valence-electron chi connectivity index (χ3n) is 7.74. The molecule has 8 nitrogen and oxygen atoms in total. The zero-order valence-electron chi connectivity index (χ0n) is 23.4. The normalized spacial score (nSPS) is 13.6. The molecule has 1 aromatic heterocycles. The van der Waals surface area contributed by atoms with Crippen molar-refractivity contribution in [3.8, 4) is 0 Å². The molecule has 8 heteroatoms. The molecule has 1 saturated carbocycles. The molecule has 2 amide bonds. The maximum absolute atomic E-state index is 14.0.